The molecule has 0 saturated carbocycles. The number of phenolic OH excluding ortho intramolecular Hbond substituents is 1. The normalized spacial score (nSPS) is 11.3. The van der Waals surface area contributed by atoms with E-state index in [1.165, 1.54) is 0 Å². The smallest absolute Gasteiger partial charge is 0.150 e. The number of para-hydroxylation sites is 2. The Kier molecular flexibility index (Phi) is 6.10. The molecule has 0 atom stereocenters. The van der Waals surface area contributed by atoms with E-state index in [1.807, 2.05) is 60.7 Å². The third kappa shape index (κ3) is 3.93. The third-order valence-electron chi connectivity index (χ3n) is 7.56. The van der Waals surface area contributed by atoms with Crippen molar-refractivity contribution in [1.82, 2.24) is 19.5 Å². The number of aromatic nitrogens is 4. The average molecular weight is 710 g/mol. The van der Waals surface area contributed by atoms with E-state index in [2.05, 4.69) is 64.1 Å². The van der Waals surface area contributed by atoms with Crippen LogP contribution in [0, 0.1) is 0 Å². The molecule has 1 N–H and O–H groups in total. The molecule has 1 aliphatic heterocycles. The molecular weight excluding hydrogens is 687 g/mol. The summed E-state index contributed by atoms with van der Waals surface area (Å²) in [4.78, 5) is 14.7. The minimum Gasteiger partial charge on any atom is -0.507 e. The van der Waals surface area contributed by atoms with Crippen molar-refractivity contribution in [2.75, 3.05) is 0 Å². The number of hydrogen-bond acceptors (Lipinski definition) is 4. The molecule has 0 bridgehead atoms. The Labute approximate surface area is 251 Å². The van der Waals surface area contributed by atoms with E-state index in [0.29, 0.717) is 11.4 Å². The first kappa shape index (κ1) is 25.1. The van der Waals surface area contributed by atoms with Crippen LogP contribution in [0.3, 0.4) is 0 Å². The number of fused-ring (bicyclic) bond motifs is 10. The topological polar surface area (TPSA) is 63.8 Å². The fourth-order valence-electron chi connectivity index (χ4n) is 5.81. The van der Waals surface area contributed by atoms with E-state index < -0.39 is 0 Å². The molecule has 0 amide bonds. The second-order valence-electron chi connectivity index (χ2n) is 9.83. The molecule has 8 rings (SSSR count). The SMILES string of the molecule is Oc1cccc2c1-c1nc3c(-c4cccc(-c5ccccn5)n4)cccc3n1-c1ccccc1-c1ccccc1-2.[Pt]. The molecule has 5 nitrogen and oxygen atoms in total. The first-order valence-corrected chi connectivity index (χ1v) is 13.2. The molecule has 1 aliphatic rings. The first-order chi connectivity index (χ1) is 19.8. The number of aromatic hydroxyl groups is 1. The summed E-state index contributed by atoms with van der Waals surface area (Å²) in [5.74, 6) is 0.887. The standard InChI is InChI=1S/C35H22N4O.Pt/c40-32-20-8-13-25-23-11-2-1-10-22(23)24-12-3-4-18-30(24)39-31-19-7-14-26(34(31)38-35(39)33(25)32)27-16-9-17-29(37-27)28-15-5-6-21-36-28;/h1-21,40H;. The van der Waals surface area contributed by atoms with Gasteiger partial charge < -0.3 is 5.11 Å². The van der Waals surface area contributed by atoms with Crippen molar-refractivity contribution >= 4 is 11.0 Å². The van der Waals surface area contributed by atoms with Gasteiger partial charge in [-0.2, -0.15) is 0 Å². The van der Waals surface area contributed by atoms with Gasteiger partial charge in [-0.1, -0.05) is 78.9 Å². The summed E-state index contributed by atoms with van der Waals surface area (Å²) in [6.07, 6.45) is 1.78. The molecule has 3 aromatic heterocycles. The van der Waals surface area contributed by atoms with Gasteiger partial charge in [0.05, 0.1) is 39.4 Å². The summed E-state index contributed by atoms with van der Waals surface area (Å²) >= 11 is 0. The fourth-order valence-corrected chi connectivity index (χ4v) is 5.81. The average Bonchev–Trinajstić information content (AvgIpc) is 3.39. The van der Waals surface area contributed by atoms with Gasteiger partial charge in [0.15, 0.2) is 0 Å². The summed E-state index contributed by atoms with van der Waals surface area (Å²) in [6, 6.07) is 40.4. The summed E-state index contributed by atoms with van der Waals surface area (Å²) in [5, 5.41) is 11.3. The Morgan fingerprint density at radius 2 is 1.15 bits per heavy atom. The number of pyridine rings is 2. The summed E-state index contributed by atoms with van der Waals surface area (Å²) in [6.45, 7) is 0. The number of rotatable bonds is 2. The third-order valence-corrected chi connectivity index (χ3v) is 7.56. The van der Waals surface area contributed by atoms with Gasteiger partial charge in [-0.15, -0.1) is 0 Å². The largest absolute Gasteiger partial charge is 0.507 e. The Morgan fingerprint density at radius 1 is 0.512 bits per heavy atom. The van der Waals surface area contributed by atoms with Gasteiger partial charge in [0, 0.05) is 38.4 Å². The zero-order chi connectivity index (χ0) is 26.6. The Hall–Kier alpha value is -4.86. The zero-order valence-electron chi connectivity index (χ0n) is 21.7. The van der Waals surface area contributed by atoms with Gasteiger partial charge in [-0.25, -0.2) is 9.97 Å². The Balaban J connectivity index is 0.00000276. The monoisotopic (exact) mass is 709 g/mol. The van der Waals surface area contributed by atoms with Crippen LogP contribution in [-0.4, -0.2) is 24.6 Å². The molecule has 0 fully saturated rings. The second-order valence-corrected chi connectivity index (χ2v) is 9.83. The molecule has 4 heterocycles. The van der Waals surface area contributed by atoms with Crippen LogP contribution >= 0.6 is 0 Å². The number of nitrogens with zero attached hydrogens (tertiary/aromatic N) is 4. The fraction of sp³-hybridized carbons (Fsp3) is 0. The van der Waals surface area contributed by atoms with Crippen molar-refractivity contribution in [3.63, 3.8) is 0 Å². The van der Waals surface area contributed by atoms with Crippen molar-refractivity contribution in [2.24, 2.45) is 0 Å². The van der Waals surface area contributed by atoms with Gasteiger partial charge >= 0.3 is 0 Å². The van der Waals surface area contributed by atoms with Crippen LogP contribution in [0.4, 0.5) is 0 Å². The van der Waals surface area contributed by atoms with E-state index in [-0.39, 0.29) is 26.8 Å². The van der Waals surface area contributed by atoms with Gasteiger partial charge in [0.1, 0.15) is 11.6 Å². The summed E-state index contributed by atoms with van der Waals surface area (Å²) in [7, 11) is 0. The molecule has 0 unspecified atom stereocenters. The van der Waals surface area contributed by atoms with Crippen LogP contribution in [0.5, 0.6) is 5.75 Å². The number of hydrogen-bond donors (Lipinski definition) is 1. The maximum atomic E-state index is 11.3. The minimum atomic E-state index is 0. The molecule has 41 heavy (non-hydrogen) atoms. The molecule has 6 heteroatoms. The van der Waals surface area contributed by atoms with Crippen molar-refractivity contribution in [2.45, 2.75) is 0 Å². The maximum absolute atomic E-state index is 11.3. The quantitative estimate of drug-likeness (QED) is 0.197. The van der Waals surface area contributed by atoms with Gasteiger partial charge in [0.2, 0.25) is 0 Å². The summed E-state index contributed by atoms with van der Waals surface area (Å²) < 4.78 is 2.17. The second kappa shape index (κ2) is 9.95. The molecule has 0 radical (unpaired) electrons. The zero-order valence-corrected chi connectivity index (χ0v) is 23.9. The number of benzene rings is 4. The predicted octanol–water partition coefficient (Wildman–Crippen LogP) is 8.17. The van der Waals surface area contributed by atoms with E-state index in [1.54, 1.807) is 12.3 Å². The Morgan fingerprint density at radius 3 is 1.98 bits per heavy atom. The number of imidazole rings is 1. The summed E-state index contributed by atoms with van der Waals surface area (Å²) in [5.41, 5.74) is 11.0. The molecule has 7 aromatic rings. The molecule has 0 saturated heterocycles. The van der Waals surface area contributed by atoms with E-state index in [9.17, 15) is 5.11 Å². The van der Waals surface area contributed by atoms with Gasteiger partial charge in [-0.3, -0.25) is 9.55 Å². The van der Waals surface area contributed by atoms with Crippen molar-refractivity contribution in [3.8, 4) is 67.7 Å². The van der Waals surface area contributed by atoms with E-state index >= 15 is 0 Å². The maximum Gasteiger partial charge on any atom is 0.150 e. The predicted molar refractivity (Wildman–Crippen MR) is 159 cm³/mol. The Bertz CT molecular complexity index is 2080. The van der Waals surface area contributed by atoms with Crippen LogP contribution in [0.2, 0.25) is 0 Å². The molecule has 0 aliphatic carbocycles. The van der Waals surface area contributed by atoms with Crippen LogP contribution in [0.25, 0.3) is 73.0 Å². The van der Waals surface area contributed by atoms with E-state index in [0.717, 1.165) is 61.6 Å². The van der Waals surface area contributed by atoms with E-state index in [4.69, 9.17) is 9.97 Å². The van der Waals surface area contributed by atoms with Gasteiger partial charge in [-0.05, 0) is 59.2 Å². The van der Waals surface area contributed by atoms with Gasteiger partial charge in [0.25, 0.3) is 0 Å². The number of phenols is 1. The molecule has 198 valence electrons. The molecular formula is C35H22N4OPt. The molecule has 4 aromatic carbocycles. The van der Waals surface area contributed by atoms with Crippen molar-refractivity contribution in [3.05, 3.63) is 128 Å². The van der Waals surface area contributed by atoms with Crippen LogP contribution < -0.4 is 0 Å². The molecule has 0 spiro atoms. The van der Waals surface area contributed by atoms with Crippen LogP contribution in [-0.2, 0) is 21.1 Å². The van der Waals surface area contributed by atoms with Crippen molar-refractivity contribution in [1.29, 1.82) is 0 Å². The minimum absolute atomic E-state index is 0. The van der Waals surface area contributed by atoms with Crippen LogP contribution in [0.1, 0.15) is 0 Å². The van der Waals surface area contributed by atoms with Crippen LogP contribution in [0.15, 0.2) is 128 Å². The first-order valence-electron chi connectivity index (χ1n) is 13.2. The van der Waals surface area contributed by atoms with Crippen molar-refractivity contribution < 1.29 is 26.2 Å².